The van der Waals surface area contributed by atoms with Gasteiger partial charge in [-0.2, -0.15) is 0 Å². The van der Waals surface area contributed by atoms with E-state index in [0.29, 0.717) is 49.3 Å². The lowest BCUT2D eigenvalue weighted by atomic mass is 10.2. The second-order valence-corrected chi connectivity index (χ2v) is 4.93. The highest BCUT2D eigenvalue weighted by atomic mass is 16.5. The van der Waals surface area contributed by atoms with Gasteiger partial charge >= 0.3 is 0 Å². The Bertz CT molecular complexity index is 433. The summed E-state index contributed by atoms with van der Waals surface area (Å²) >= 11 is 0. The fourth-order valence-electron chi connectivity index (χ4n) is 1.59. The zero-order chi connectivity index (χ0) is 15.0. The Balaban J connectivity index is 2.52. The van der Waals surface area contributed by atoms with Crippen LogP contribution in [0.15, 0.2) is 18.2 Å². The highest BCUT2D eigenvalue weighted by Crippen LogP contribution is 2.22. The van der Waals surface area contributed by atoms with E-state index in [-0.39, 0.29) is 5.91 Å². The van der Waals surface area contributed by atoms with Gasteiger partial charge in [0.25, 0.3) is 5.91 Å². The smallest absolute Gasteiger partial charge is 0.251 e. The predicted molar refractivity (Wildman–Crippen MR) is 80.0 cm³/mol. The van der Waals surface area contributed by atoms with Gasteiger partial charge in [-0.3, -0.25) is 4.79 Å². The van der Waals surface area contributed by atoms with Crippen molar-refractivity contribution in [1.29, 1.82) is 0 Å². The monoisotopic (exact) mass is 280 g/mol. The number of hydrogen-bond acceptors (Lipinski definition) is 4. The highest BCUT2D eigenvalue weighted by Gasteiger charge is 2.08. The number of ether oxygens (including phenoxy) is 2. The number of rotatable bonds is 8. The molecule has 20 heavy (non-hydrogen) atoms. The summed E-state index contributed by atoms with van der Waals surface area (Å²) in [7, 11) is 0. The van der Waals surface area contributed by atoms with Crippen LogP contribution in [0.5, 0.6) is 5.75 Å². The second kappa shape index (κ2) is 8.43. The third-order valence-corrected chi connectivity index (χ3v) is 2.55. The molecule has 0 fully saturated rings. The number of carbonyl (C=O) groups excluding carboxylic acids is 1. The highest BCUT2D eigenvalue weighted by molar-refractivity contribution is 5.95. The summed E-state index contributed by atoms with van der Waals surface area (Å²) in [6.07, 6.45) is 0. The molecule has 5 nitrogen and oxygen atoms in total. The van der Waals surface area contributed by atoms with Crippen molar-refractivity contribution in [2.45, 2.75) is 20.8 Å². The Kier molecular flexibility index (Phi) is 6.87. The molecule has 0 bridgehead atoms. The molecular formula is C15H24N2O3. The zero-order valence-corrected chi connectivity index (χ0v) is 12.4. The summed E-state index contributed by atoms with van der Waals surface area (Å²) in [5, 5.41) is 2.74. The minimum atomic E-state index is -0.131. The standard InChI is InChI=1S/C15H24N2O3/c1-4-17-15(18)12-5-6-13(16)14(9-12)20-8-7-19-10-11(2)3/h5-6,9,11H,4,7-8,10,16H2,1-3H3,(H,17,18). The average molecular weight is 280 g/mol. The summed E-state index contributed by atoms with van der Waals surface area (Å²) in [4.78, 5) is 11.7. The van der Waals surface area contributed by atoms with Gasteiger partial charge < -0.3 is 20.5 Å². The van der Waals surface area contributed by atoms with E-state index < -0.39 is 0 Å². The first-order valence-electron chi connectivity index (χ1n) is 6.92. The molecule has 0 heterocycles. The van der Waals surface area contributed by atoms with Crippen LogP contribution in [0.2, 0.25) is 0 Å². The molecule has 1 aromatic rings. The molecule has 0 spiro atoms. The van der Waals surface area contributed by atoms with Crippen LogP contribution in [0.4, 0.5) is 5.69 Å². The molecule has 1 rings (SSSR count). The molecule has 112 valence electrons. The fraction of sp³-hybridized carbons (Fsp3) is 0.533. The fourth-order valence-corrected chi connectivity index (χ4v) is 1.59. The number of anilines is 1. The predicted octanol–water partition coefficient (Wildman–Crippen LogP) is 2.07. The van der Waals surface area contributed by atoms with Gasteiger partial charge in [0.1, 0.15) is 12.4 Å². The summed E-state index contributed by atoms with van der Waals surface area (Å²) in [6.45, 7) is 8.26. The molecule has 1 aromatic carbocycles. The minimum absolute atomic E-state index is 0.131. The SMILES string of the molecule is CCNC(=O)c1ccc(N)c(OCCOCC(C)C)c1. The van der Waals surface area contributed by atoms with Gasteiger partial charge in [0, 0.05) is 18.7 Å². The minimum Gasteiger partial charge on any atom is -0.489 e. The molecule has 0 unspecified atom stereocenters. The van der Waals surface area contributed by atoms with Crippen LogP contribution in [0, 0.1) is 5.92 Å². The van der Waals surface area contributed by atoms with E-state index in [1.807, 2.05) is 6.92 Å². The molecule has 0 atom stereocenters. The van der Waals surface area contributed by atoms with E-state index in [9.17, 15) is 4.79 Å². The van der Waals surface area contributed by atoms with Crippen LogP contribution in [-0.2, 0) is 4.74 Å². The van der Waals surface area contributed by atoms with Gasteiger partial charge in [0.2, 0.25) is 0 Å². The van der Waals surface area contributed by atoms with E-state index in [0.717, 1.165) is 0 Å². The summed E-state index contributed by atoms with van der Waals surface area (Å²) < 4.78 is 11.0. The molecule has 0 aromatic heterocycles. The summed E-state index contributed by atoms with van der Waals surface area (Å²) in [5.74, 6) is 0.886. The lowest BCUT2D eigenvalue weighted by Gasteiger charge is -2.11. The number of nitrogen functional groups attached to an aromatic ring is 1. The molecule has 0 aliphatic carbocycles. The van der Waals surface area contributed by atoms with Crippen molar-refractivity contribution in [3.63, 3.8) is 0 Å². The Morgan fingerprint density at radius 2 is 2.10 bits per heavy atom. The van der Waals surface area contributed by atoms with E-state index >= 15 is 0 Å². The second-order valence-electron chi connectivity index (χ2n) is 4.93. The topological polar surface area (TPSA) is 73.6 Å². The first kappa shape index (κ1) is 16.3. The summed E-state index contributed by atoms with van der Waals surface area (Å²) in [6, 6.07) is 5.01. The third kappa shape index (κ3) is 5.48. The zero-order valence-electron chi connectivity index (χ0n) is 12.4. The maximum atomic E-state index is 11.7. The quantitative estimate of drug-likeness (QED) is 0.565. The first-order chi connectivity index (χ1) is 9.54. The number of carbonyl (C=O) groups is 1. The van der Waals surface area contributed by atoms with Crippen LogP contribution < -0.4 is 15.8 Å². The Morgan fingerprint density at radius 3 is 2.75 bits per heavy atom. The van der Waals surface area contributed by atoms with E-state index in [2.05, 4.69) is 19.2 Å². The van der Waals surface area contributed by atoms with Gasteiger partial charge in [0.15, 0.2) is 0 Å². The largest absolute Gasteiger partial charge is 0.489 e. The number of amides is 1. The molecule has 5 heteroatoms. The van der Waals surface area contributed by atoms with Gasteiger partial charge in [-0.1, -0.05) is 13.8 Å². The average Bonchev–Trinajstić information content (AvgIpc) is 2.40. The molecule has 0 saturated heterocycles. The van der Waals surface area contributed by atoms with E-state index in [4.69, 9.17) is 15.2 Å². The van der Waals surface area contributed by atoms with Crippen molar-refractivity contribution in [1.82, 2.24) is 5.32 Å². The van der Waals surface area contributed by atoms with Gasteiger partial charge in [-0.25, -0.2) is 0 Å². The van der Waals surface area contributed by atoms with Crippen LogP contribution in [0.25, 0.3) is 0 Å². The van der Waals surface area contributed by atoms with Crippen molar-refractivity contribution in [3.8, 4) is 5.75 Å². The third-order valence-electron chi connectivity index (χ3n) is 2.55. The van der Waals surface area contributed by atoms with Crippen molar-refractivity contribution in [3.05, 3.63) is 23.8 Å². The molecule has 0 aliphatic rings. The van der Waals surface area contributed by atoms with Crippen LogP contribution in [-0.4, -0.2) is 32.3 Å². The van der Waals surface area contributed by atoms with E-state index in [1.165, 1.54) is 0 Å². The molecular weight excluding hydrogens is 256 g/mol. The van der Waals surface area contributed by atoms with Crippen molar-refractivity contribution < 1.29 is 14.3 Å². The Labute approximate surface area is 120 Å². The van der Waals surface area contributed by atoms with Crippen LogP contribution in [0.1, 0.15) is 31.1 Å². The van der Waals surface area contributed by atoms with Crippen molar-refractivity contribution in [2.24, 2.45) is 5.92 Å². The van der Waals surface area contributed by atoms with Crippen molar-refractivity contribution in [2.75, 3.05) is 32.1 Å². The number of hydrogen-bond donors (Lipinski definition) is 2. The normalized spacial score (nSPS) is 10.6. The van der Waals surface area contributed by atoms with Crippen LogP contribution in [0.3, 0.4) is 0 Å². The molecule has 0 radical (unpaired) electrons. The maximum absolute atomic E-state index is 11.7. The van der Waals surface area contributed by atoms with Crippen molar-refractivity contribution >= 4 is 11.6 Å². The first-order valence-corrected chi connectivity index (χ1v) is 6.92. The van der Waals surface area contributed by atoms with E-state index in [1.54, 1.807) is 18.2 Å². The molecule has 0 aliphatic heterocycles. The van der Waals surface area contributed by atoms with Crippen LogP contribution >= 0.6 is 0 Å². The van der Waals surface area contributed by atoms with Gasteiger partial charge in [0.05, 0.1) is 12.3 Å². The lowest BCUT2D eigenvalue weighted by Crippen LogP contribution is -2.22. The number of benzene rings is 1. The van der Waals surface area contributed by atoms with Gasteiger partial charge in [-0.05, 0) is 31.0 Å². The Hall–Kier alpha value is -1.75. The van der Waals surface area contributed by atoms with Gasteiger partial charge in [-0.15, -0.1) is 0 Å². The number of nitrogens with one attached hydrogen (secondary N) is 1. The maximum Gasteiger partial charge on any atom is 0.251 e. The number of nitrogens with two attached hydrogens (primary N) is 1. The Morgan fingerprint density at radius 1 is 1.35 bits per heavy atom. The molecule has 0 saturated carbocycles. The lowest BCUT2D eigenvalue weighted by molar-refractivity contribution is 0.0820. The summed E-state index contributed by atoms with van der Waals surface area (Å²) in [5.41, 5.74) is 6.89. The molecule has 1 amide bonds. The molecule has 3 N–H and O–H groups in total.